The largest absolute Gasteiger partial charge is 0.756 e. The smallest absolute Gasteiger partial charge is 0.267 e. The molecule has 0 aromatic carbocycles. The number of hydrogen-bond donors (Lipinski definition) is 1. The van der Waals surface area contributed by atoms with E-state index in [2.05, 4.69) is 68.7 Å². The Kier molecular flexibility index (Phi) is 26.3. The Bertz CT molecular complexity index is 814. The van der Waals surface area contributed by atoms with Crippen LogP contribution < -0.4 is 10.2 Å². The molecule has 1 N–H and O–H groups in total. The lowest BCUT2D eigenvalue weighted by atomic mass is 10.1. The zero-order valence-corrected chi connectivity index (χ0v) is 21.4. The second-order valence-electron chi connectivity index (χ2n) is 7.14. The summed E-state index contributed by atoms with van der Waals surface area (Å²) in [6.07, 6.45) is 22.2. The van der Waals surface area contributed by atoms with Gasteiger partial charge in [-0.05, 0) is 66.6 Å². The average molecular weight is 487 g/mol. The minimum absolute atomic E-state index is 0.138. The fraction of sp³-hybridized carbons (Fsp3) is 0.593. The van der Waals surface area contributed by atoms with Gasteiger partial charge in [0.05, 0.1) is 6.61 Å². The summed E-state index contributed by atoms with van der Waals surface area (Å²) in [6.45, 7) is 3.05. The van der Waals surface area contributed by atoms with Crippen molar-refractivity contribution < 1.29 is 23.3 Å². The first-order valence-corrected chi connectivity index (χ1v) is 13.1. The Labute approximate surface area is 207 Å². The Balaban J connectivity index is 0. The van der Waals surface area contributed by atoms with Crippen molar-refractivity contribution in [3.63, 3.8) is 0 Å². The number of unbranched alkanes of at least 4 members (excludes halogenated alkanes) is 9. The van der Waals surface area contributed by atoms with Gasteiger partial charge in [0, 0.05) is 20.1 Å². The first-order valence-electron chi connectivity index (χ1n) is 11.6. The van der Waals surface area contributed by atoms with Crippen molar-refractivity contribution in [3.05, 3.63) is 0 Å². The summed E-state index contributed by atoms with van der Waals surface area (Å²) in [4.78, 5) is 22.6. The number of phosphoric acid groups is 1. The zero-order valence-electron chi connectivity index (χ0n) is 20.5. The predicted octanol–water partition coefficient (Wildman–Crippen LogP) is 4.20. The van der Waals surface area contributed by atoms with Gasteiger partial charge in [0.2, 0.25) is 5.91 Å². The zero-order chi connectivity index (χ0) is 25.8. The number of phosphoric ester groups is 1. The van der Waals surface area contributed by atoms with Gasteiger partial charge in [-0.15, -0.1) is 12.8 Å². The van der Waals surface area contributed by atoms with E-state index in [1.165, 1.54) is 32.1 Å². The van der Waals surface area contributed by atoms with Crippen LogP contribution >= 0.6 is 7.82 Å². The van der Waals surface area contributed by atoms with E-state index >= 15 is 0 Å². The summed E-state index contributed by atoms with van der Waals surface area (Å²) in [5.74, 6) is 18.5. The van der Waals surface area contributed by atoms with E-state index in [1.54, 1.807) is 0 Å². The quantitative estimate of drug-likeness (QED) is 0.189. The van der Waals surface area contributed by atoms with Gasteiger partial charge in [0.15, 0.2) is 0 Å². The molecular weight excluding hydrogens is 449 g/mol. The topological polar surface area (TPSA) is 87.7 Å². The molecule has 0 aromatic heterocycles. The van der Waals surface area contributed by atoms with Crippen LogP contribution in [0.2, 0.25) is 0 Å². The molecule has 1 atom stereocenters. The molecule has 6 nitrogen and oxygen atoms in total. The highest BCUT2D eigenvalue weighted by Gasteiger charge is 2.05. The van der Waals surface area contributed by atoms with Crippen molar-refractivity contribution in [2.24, 2.45) is 0 Å². The van der Waals surface area contributed by atoms with Gasteiger partial charge in [-0.1, -0.05) is 58.3 Å². The van der Waals surface area contributed by atoms with Crippen LogP contribution in [0, 0.1) is 60.2 Å². The maximum Gasteiger partial charge on any atom is 0.267 e. The van der Waals surface area contributed by atoms with E-state index in [-0.39, 0.29) is 12.5 Å². The molecule has 1 unspecified atom stereocenters. The fourth-order valence-electron chi connectivity index (χ4n) is 2.57. The summed E-state index contributed by atoms with van der Waals surface area (Å²) in [6, 6.07) is 0. The summed E-state index contributed by atoms with van der Waals surface area (Å²) in [7, 11) is -2.99. The van der Waals surface area contributed by atoms with Crippen molar-refractivity contribution in [3.8, 4) is 60.2 Å². The predicted molar refractivity (Wildman–Crippen MR) is 136 cm³/mol. The van der Waals surface area contributed by atoms with Crippen LogP contribution in [0.5, 0.6) is 0 Å². The van der Waals surface area contributed by atoms with E-state index < -0.39 is 7.82 Å². The lowest BCUT2D eigenvalue weighted by molar-refractivity contribution is -0.223. The summed E-state index contributed by atoms with van der Waals surface area (Å²) in [5, 5.41) is 2.93. The van der Waals surface area contributed by atoms with Gasteiger partial charge in [0.25, 0.3) is 7.82 Å². The van der Waals surface area contributed by atoms with Crippen LogP contribution in [0.3, 0.4) is 0 Å². The van der Waals surface area contributed by atoms with Crippen molar-refractivity contribution in [2.45, 2.75) is 84.0 Å². The van der Waals surface area contributed by atoms with Crippen LogP contribution in [0.1, 0.15) is 84.0 Å². The Morgan fingerprint density at radius 2 is 1.32 bits per heavy atom. The number of hydrogen-bond acceptors (Lipinski definition) is 5. The number of terminal acetylenes is 2. The molecule has 0 saturated carbocycles. The first kappa shape index (κ1) is 33.6. The van der Waals surface area contributed by atoms with E-state index in [9.17, 15) is 14.3 Å². The number of carbonyl (C=O) groups is 1. The lowest BCUT2D eigenvalue weighted by Gasteiger charge is -2.19. The first-order chi connectivity index (χ1) is 16.4. The summed E-state index contributed by atoms with van der Waals surface area (Å²) >= 11 is 0. The summed E-state index contributed by atoms with van der Waals surface area (Å²) in [5.41, 5.74) is 0. The molecule has 186 valence electrons. The highest BCUT2D eigenvalue weighted by atomic mass is 31.2. The normalized spacial score (nSPS) is 10.6. The molecule has 0 aliphatic rings. The molecule has 0 spiro atoms. The molecule has 0 fully saturated rings. The molecule has 34 heavy (non-hydrogen) atoms. The molecule has 0 aliphatic heterocycles. The van der Waals surface area contributed by atoms with Gasteiger partial charge in [-0.25, -0.2) is 0 Å². The maximum atomic E-state index is 11.6. The van der Waals surface area contributed by atoms with Crippen molar-refractivity contribution in [1.82, 2.24) is 5.32 Å². The number of rotatable bonds is 17. The standard InChI is InChI=1S/C17H36NO5P.C10H2/c1-3-4-5-6-7-8-11-14-17(19)18-15-12-9-10-13-16-23-24(20,21)22-2;1-3-5-7-9-10-8-6-4-2/h3-16H2,1-2H3,(H,18,19)(H,20,21);1-2H/p-1. The molecule has 0 aliphatic carbocycles. The molecule has 0 bridgehead atoms. The third-order valence-electron chi connectivity index (χ3n) is 4.33. The lowest BCUT2D eigenvalue weighted by Crippen LogP contribution is -2.23. The van der Waals surface area contributed by atoms with Crippen LogP contribution in [0.25, 0.3) is 0 Å². The van der Waals surface area contributed by atoms with Crippen molar-refractivity contribution in [2.75, 3.05) is 20.3 Å². The Morgan fingerprint density at radius 1 is 0.824 bits per heavy atom. The van der Waals surface area contributed by atoms with Crippen molar-refractivity contribution >= 4 is 13.7 Å². The molecule has 1 amide bonds. The minimum atomic E-state index is -4.08. The molecule has 0 saturated heterocycles. The minimum Gasteiger partial charge on any atom is -0.756 e. The number of amides is 1. The van der Waals surface area contributed by atoms with E-state index in [0.29, 0.717) is 19.4 Å². The van der Waals surface area contributed by atoms with Gasteiger partial charge >= 0.3 is 0 Å². The molecule has 0 radical (unpaired) electrons. The van der Waals surface area contributed by atoms with Crippen molar-refractivity contribution in [1.29, 1.82) is 0 Å². The van der Waals surface area contributed by atoms with E-state index in [0.717, 1.165) is 39.2 Å². The Hall–Kier alpha value is -2.62. The second kappa shape index (κ2) is 26.6. The second-order valence-corrected chi connectivity index (χ2v) is 8.65. The van der Waals surface area contributed by atoms with Crippen LogP contribution in [0.15, 0.2) is 0 Å². The number of nitrogens with one attached hydrogen (secondary N) is 1. The Morgan fingerprint density at radius 3 is 1.88 bits per heavy atom. The molecule has 0 aromatic rings. The molecule has 0 rings (SSSR count). The van der Waals surface area contributed by atoms with E-state index in [1.807, 2.05) is 0 Å². The van der Waals surface area contributed by atoms with E-state index in [4.69, 9.17) is 12.8 Å². The van der Waals surface area contributed by atoms with Gasteiger partial charge < -0.3 is 19.3 Å². The SMILES string of the molecule is C#CC#CC#CC#CC#C.CCCCCCCCCC(=O)NCCCCCCOP(=O)([O-])OC. The van der Waals surface area contributed by atoms with Crippen LogP contribution in [0.4, 0.5) is 0 Å². The highest BCUT2D eigenvalue weighted by molar-refractivity contribution is 7.45. The third-order valence-corrected chi connectivity index (χ3v) is 5.28. The van der Waals surface area contributed by atoms with Crippen LogP contribution in [-0.4, -0.2) is 26.2 Å². The molecule has 0 heterocycles. The average Bonchev–Trinajstić information content (AvgIpc) is 2.83. The molecule has 7 heteroatoms. The number of carbonyl (C=O) groups excluding carboxylic acids is 1. The van der Waals surface area contributed by atoms with Gasteiger partial charge in [0.1, 0.15) is 0 Å². The van der Waals surface area contributed by atoms with Crippen LogP contribution in [-0.2, 0) is 18.4 Å². The molecular formula is C27H37NO5P-. The maximum absolute atomic E-state index is 11.6. The third kappa shape index (κ3) is 29.4. The monoisotopic (exact) mass is 486 g/mol. The fourth-order valence-corrected chi connectivity index (χ4v) is 3.02. The highest BCUT2D eigenvalue weighted by Crippen LogP contribution is 2.36. The van der Waals surface area contributed by atoms with Gasteiger partial charge in [-0.3, -0.25) is 9.36 Å². The summed E-state index contributed by atoms with van der Waals surface area (Å²) < 4.78 is 19.7. The van der Waals surface area contributed by atoms with Gasteiger partial charge in [-0.2, -0.15) is 0 Å².